The van der Waals surface area contributed by atoms with Gasteiger partial charge in [0.2, 0.25) is 5.91 Å². The molecule has 0 saturated heterocycles. The number of methoxy groups -OCH3 is 1. The second kappa shape index (κ2) is 6.93. The van der Waals surface area contributed by atoms with Crippen molar-refractivity contribution in [2.24, 2.45) is 11.1 Å². The lowest BCUT2D eigenvalue weighted by atomic mass is 9.87. The number of carbonyl (C=O) groups is 1. The fourth-order valence-electron chi connectivity index (χ4n) is 2.34. The normalized spacial score (nSPS) is 20.2. The summed E-state index contributed by atoms with van der Waals surface area (Å²) in [4.78, 5) is 11.7. The van der Waals surface area contributed by atoms with Crippen LogP contribution in [0.3, 0.4) is 0 Å². The Morgan fingerprint density at radius 1 is 1.53 bits per heavy atom. The third-order valence-corrected chi connectivity index (χ3v) is 3.67. The summed E-state index contributed by atoms with van der Waals surface area (Å²) in [6.07, 6.45) is 4.33. The van der Waals surface area contributed by atoms with Gasteiger partial charge in [-0.3, -0.25) is 4.79 Å². The zero-order valence-corrected chi connectivity index (χ0v) is 10.6. The van der Waals surface area contributed by atoms with Crippen molar-refractivity contribution in [3.8, 4) is 0 Å². The Morgan fingerprint density at radius 2 is 2.18 bits per heavy atom. The Hall–Kier alpha value is -0.650. The van der Waals surface area contributed by atoms with Gasteiger partial charge < -0.3 is 20.9 Å². The van der Waals surface area contributed by atoms with E-state index in [2.05, 4.69) is 5.32 Å². The lowest BCUT2D eigenvalue weighted by Gasteiger charge is -2.26. The number of aliphatic hydroxyl groups is 1. The number of aliphatic hydroxyl groups excluding tert-OH is 1. The van der Waals surface area contributed by atoms with Crippen molar-refractivity contribution in [2.45, 2.75) is 38.2 Å². The molecule has 17 heavy (non-hydrogen) atoms. The molecule has 1 amide bonds. The molecule has 0 spiro atoms. The topological polar surface area (TPSA) is 84.6 Å². The zero-order chi connectivity index (χ0) is 12.7. The molecule has 0 aromatic rings. The summed E-state index contributed by atoms with van der Waals surface area (Å²) in [5, 5.41) is 12.3. The molecule has 0 radical (unpaired) electrons. The molecule has 0 aliphatic heterocycles. The zero-order valence-electron chi connectivity index (χ0n) is 10.6. The van der Waals surface area contributed by atoms with Crippen LogP contribution in [0.15, 0.2) is 0 Å². The van der Waals surface area contributed by atoms with Crippen LogP contribution in [0.5, 0.6) is 0 Å². The molecule has 5 heteroatoms. The first-order chi connectivity index (χ1) is 8.15. The predicted molar refractivity (Wildman–Crippen MR) is 65.5 cm³/mol. The Balaban J connectivity index is 2.31. The van der Waals surface area contributed by atoms with E-state index >= 15 is 0 Å². The third-order valence-electron chi connectivity index (χ3n) is 3.67. The molecule has 0 heterocycles. The summed E-state index contributed by atoms with van der Waals surface area (Å²) in [5.74, 6) is -0.0537. The Morgan fingerprint density at radius 3 is 2.65 bits per heavy atom. The number of rotatable bonds is 7. The molecule has 0 bridgehead atoms. The maximum Gasteiger partial charge on any atom is 0.222 e. The largest absolute Gasteiger partial charge is 0.396 e. The van der Waals surface area contributed by atoms with Crippen LogP contribution < -0.4 is 11.1 Å². The van der Waals surface area contributed by atoms with Gasteiger partial charge in [-0.2, -0.15) is 0 Å². The van der Waals surface area contributed by atoms with Crippen LogP contribution in [0.2, 0.25) is 0 Å². The van der Waals surface area contributed by atoms with Gasteiger partial charge in [-0.1, -0.05) is 12.8 Å². The van der Waals surface area contributed by atoms with Crippen molar-refractivity contribution >= 4 is 5.91 Å². The smallest absolute Gasteiger partial charge is 0.222 e. The van der Waals surface area contributed by atoms with Gasteiger partial charge in [0.05, 0.1) is 19.1 Å². The Kier molecular flexibility index (Phi) is 5.88. The summed E-state index contributed by atoms with van der Waals surface area (Å²) < 4.78 is 5.06. The molecule has 5 nitrogen and oxygen atoms in total. The van der Waals surface area contributed by atoms with Crippen LogP contribution in [0.1, 0.15) is 32.1 Å². The first kappa shape index (κ1) is 14.4. The highest BCUT2D eigenvalue weighted by Gasteiger charge is 2.33. The highest BCUT2D eigenvalue weighted by molar-refractivity contribution is 5.76. The SMILES string of the molecule is COC(CN)CC(=O)NCC1(CO)CCCC1. The van der Waals surface area contributed by atoms with Crippen LogP contribution in [0, 0.1) is 5.41 Å². The average Bonchev–Trinajstić information content (AvgIpc) is 2.83. The molecule has 1 aliphatic carbocycles. The van der Waals surface area contributed by atoms with E-state index in [-0.39, 0.29) is 30.5 Å². The van der Waals surface area contributed by atoms with Gasteiger partial charge in [0.15, 0.2) is 0 Å². The fourth-order valence-corrected chi connectivity index (χ4v) is 2.34. The molecular weight excluding hydrogens is 220 g/mol. The fraction of sp³-hybridized carbons (Fsp3) is 0.917. The molecule has 1 aliphatic rings. The minimum absolute atomic E-state index is 0.0537. The molecule has 1 saturated carbocycles. The number of nitrogens with two attached hydrogens (primary N) is 1. The lowest BCUT2D eigenvalue weighted by molar-refractivity contribution is -0.124. The van der Waals surface area contributed by atoms with Crippen molar-refractivity contribution < 1.29 is 14.6 Å². The van der Waals surface area contributed by atoms with Crippen LogP contribution in [0.4, 0.5) is 0 Å². The van der Waals surface area contributed by atoms with Gasteiger partial charge in [0.1, 0.15) is 0 Å². The molecule has 1 atom stereocenters. The highest BCUT2D eigenvalue weighted by Crippen LogP contribution is 2.36. The van der Waals surface area contributed by atoms with Crippen LogP contribution >= 0.6 is 0 Å². The van der Waals surface area contributed by atoms with E-state index in [0.717, 1.165) is 25.7 Å². The van der Waals surface area contributed by atoms with Crippen molar-refractivity contribution in [3.63, 3.8) is 0 Å². The number of amides is 1. The van der Waals surface area contributed by atoms with Gasteiger partial charge in [0.25, 0.3) is 0 Å². The summed E-state index contributed by atoms with van der Waals surface area (Å²) in [7, 11) is 1.55. The third kappa shape index (κ3) is 4.26. The minimum atomic E-state index is -0.219. The monoisotopic (exact) mass is 244 g/mol. The summed E-state index contributed by atoms with van der Waals surface area (Å²) in [6.45, 7) is 1.05. The van der Waals surface area contributed by atoms with E-state index in [4.69, 9.17) is 10.5 Å². The number of ether oxygens (including phenoxy) is 1. The number of hydrogen-bond acceptors (Lipinski definition) is 4. The Labute approximate surface area is 103 Å². The summed E-state index contributed by atoms with van der Waals surface area (Å²) >= 11 is 0. The van der Waals surface area contributed by atoms with Gasteiger partial charge in [-0.25, -0.2) is 0 Å². The second-order valence-electron chi connectivity index (χ2n) is 4.94. The van der Waals surface area contributed by atoms with E-state index in [0.29, 0.717) is 13.1 Å². The van der Waals surface area contributed by atoms with Crippen LogP contribution in [-0.4, -0.2) is 43.9 Å². The highest BCUT2D eigenvalue weighted by atomic mass is 16.5. The van der Waals surface area contributed by atoms with Gasteiger partial charge in [-0.15, -0.1) is 0 Å². The van der Waals surface area contributed by atoms with Crippen molar-refractivity contribution in [1.82, 2.24) is 5.32 Å². The van der Waals surface area contributed by atoms with Gasteiger partial charge in [-0.05, 0) is 12.8 Å². The molecule has 100 valence electrons. The Bertz CT molecular complexity index is 236. The minimum Gasteiger partial charge on any atom is -0.396 e. The summed E-state index contributed by atoms with van der Waals surface area (Å²) in [5.41, 5.74) is 5.36. The van der Waals surface area contributed by atoms with E-state index in [9.17, 15) is 9.90 Å². The second-order valence-corrected chi connectivity index (χ2v) is 4.94. The van der Waals surface area contributed by atoms with Gasteiger partial charge in [0, 0.05) is 25.6 Å². The number of nitrogens with one attached hydrogen (secondary N) is 1. The van der Waals surface area contributed by atoms with E-state index in [1.165, 1.54) is 0 Å². The lowest BCUT2D eigenvalue weighted by Crippen LogP contribution is -2.40. The predicted octanol–water partition coefficient (Wildman–Crippen LogP) is 0.0191. The maximum absolute atomic E-state index is 11.7. The number of carbonyl (C=O) groups excluding carboxylic acids is 1. The first-order valence-corrected chi connectivity index (χ1v) is 6.26. The average molecular weight is 244 g/mol. The molecule has 1 fully saturated rings. The van der Waals surface area contributed by atoms with E-state index in [1.807, 2.05) is 0 Å². The van der Waals surface area contributed by atoms with Gasteiger partial charge >= 0.3 is 0 Å². The van der Waals surface area contributed by atoms with Crippen LogP contribution in [-0.2, 0) is 9.53 Å². The quantitative estimate of drug-likeness (QED) is 0.589. The van der Waals surface area contributed by atoms with E-state index in [1.54, 1.807) is 7.11 Å². The van der Waals surface area contributed by atoms with E-state index < -0.39 is 0 Å². The molecular formula is C12H24N2O3. The molecule has 1 rings (SSSR count). The van der Waals surface area contributed by atoms with Crippen molar-refractivity contribution in [1.29, 1.82) is 0 Å². The number of hydrogen-bond donors (Lipinski definition) is 3. The standard InChI is InChI=1S/C12H24N2O3/c1-17-10(7-13)6-11(16)14-8-12(9-15)4-2-3-5-12/h10,15H,2-9,13H2,1H3,(H,14,16). The summed E-state index contributed by atoms with van der Waals surface area (Å²) in [6, 6.07) is 0. The molecule has 4 N–H and O–H groups in total. The first-order valence-electron chi connectivity index (χ1n) is 6.26. The molecule has 0 aromatic carbocycles. The van der Waals surface area contributed by atoms with Crippen LogP contribution in [0.25, 0.3) is 0 Å². The van der Waals surface area contributed by atoms with Crippen molar-refractivity contribution in [3.05, 3.63) is 0 Å². The molecule has 0 aromatic heterocycles. The maximum atomic E-state index is 11.7. The van der Waals surface area contributed by atoms with Crippen molar-refractivity contribution in [2.75, 3.05) is 26.8 Å². The molecule has 1 unspecified atom stereocenters.